The summed E-state index contributed by atoms with van der Waals surface area (Å²) in [4.78, 5) is 18.9. The molecule has 1 aromatic heterocycles. The smallest absolute Gasteiger partial charge is 0.232 e. The van der Waals surface area contributed by atoms with Gasteiger partial charge in [0, 0.05) is 23.6 Å². The monoisotopic (exact) mass is 411 g/mol. The number of carbonyl (C=O) groups is 1. The number of methoxy groups -OCH3 is 1. The summed E-state index contributed by atoms with van der Waals surface area (Å²) in [6.45, 7) is 4.74. The number of ether oxygens (including phenoxy) is 1. The van der Waals surface area contributed by atoms with Crippen LogP contribution in [-0.4, -0.2) is 29.7 Å². The van der Waals surface area contributed by atoms with Crippen molar-refractivity contribution < 1.29 is 14.1 Å². The zero-order chi connectivity index (χ0) is 20.5. The number of hydrogen-bond acceptors (Lipinski definition) is 5. The maximum absolute atomic E-state index is 12.7. The molecule has 0 saturated carbocycles. The van der Waals surface area contributed by atoms with Crippen LogP contribution in [0.4, 0.5) is 5.69 Å². The summed E-state index contributed by atoms with van der Waals surface area (Å²) in [5, 5.41) is 4.66. The molecule has 6 nitrogen and oxygen atoms in total. The molecular weight excluding hydrogens is 390 g/mol. The molecule has 2 aromatic carbocycles. The van der Waals surface area contributed by atoms with Crippen LogP contribution in [0.3, 0.4) is 0 Å². The number of halogens is 1. The Morgan fingerprint density at radius 1 is 1.21 bits per heavy atom. The minimum atomic E-state index is -0.178. The summed E-state index contributed by atoms with van der Waals surface area (Å²) in [6, 6.07) is 13.3. The molecule has 3 aromatic rings. The van der Waals surface area contributed by atoms with Crippen molar-refractivity contribution in [2.75, 3.05) is 18.6 Å². The Bertz CT molecular complexity index is 1030. The first kappa shape index (κ1) is 19.5. The van der Waals surface area contributed by atoms with Crippen molar-refractivity contribution >= 4 is 23.2 Å². The van der Waals surface area contributed by atoms with E-state index >= 15 is 0 Å². The average Bonchev–Trinajstić information content (AvgIpc) is 3.35. The third-order valence-corrected chi connectivity index (χ3v) is 5.42. The Morgan fingerprint density at radius 3 is 2.66 bits per heavy atom. The number of anilines is 1. The minimum absolute atomic E-state index is 0.0309. The number of nitrogens with zero attached hydrogens (tertiary/aromatic N) is 3. The SMILES string of the molecule is COc1ccc(Cl)cc1N1C[C@@H](c2nc(-c3ccc(C(C)C)cc3)no2)CC1=O. The van der Waals surface area contributed by atoms with E-state index in [4.69, 9.17) is 20.9 Å². The molecular formula is C22H22ClN3O3. The first-order valence-electron chi connectivity index (χ1n) is 9.54. The second-order valence-corrected chi connectivity index (χ2v) is 7.89. The predicted molar refractivity (Wildman–Crippen MR) is 112 cm³/mol. The number of hydrogen-bond donors (Lipinski definition) is 0. The maximum Gasteiger partial charge on any atom is 0.232 e. The van der Waals surface area contributed by atoms with Crippen LogP contribution < -0.4 is 9.64 Å². The van der Waals surface area contributed by atoms with Gasteiger partial charge in [0.1, 0.15) is 5.75 Å². The fourth-order valence-corrected chi connectivity index (χ4v) is 3.68. The highest BCUT2D eigenvalue weighted by Gasteiger charge is 2.36. The molecule has 1 atom stereocenters. The van der Waals surface area contributed by atoms with Crippen LogP contribution >= 0.6 is 11.6 Å². The molecule has 29 heavy (non-hydrogen) atoms. The molecule has 2 heterocycles. The lowest BCUT2D eigenvalue weighted by atomic mass is 10.0. The Balaban J connectivity index is 1.55. The highest BCUT2D eigenvalue weighted by Crippen LogP contribution is 2.38. The minimum Gasteiger partial charge on any atom is -0.495 e. The van der Waals surface area contributed by atoms with Gasteiger partial charge >= 0.3 is 0 Å². The Labute approximate surface area is 174 Å². The lowest BCUT2D eigenvalue weighted by Crippen LogP contribution is -2.24. The van der Waals surface area contributed by atoms with Gasteiger partial charge in [-0.1, -0.05) is 54.9 Å². The van der Waals surface area contributed by atoms with Crippen LogP contribution in [0.5, 0.6) is 5.75 Å². The number of carbonyl (C=O) groups excluding carboxylic acids is 1. The van der Waals surface area contributed by atoms with Gasteiger partial charge < -0.3 is 14.2 Å². The van der Waals surface area contributed by atoms with E-state index in [2.05, 4.69) is 36.1 Å². The van der Waals surface area contributed by atoms with E-state index in [9.17, 15) is 4.79 Å². The molecule has 0 bridgehead atoms. The van der Waals surface area contributed by atoms with Crippen LogP contribution in [0, 0.1) is 0 Å². The molecule has 0 radical (unpaired) electrons. The van der Waals surface area contributed by atoms with Crippen molar-refractivity contribution in [3.05, 3.63) is 58.9 Å². The van der Waals surface area contributed by atoms with E-state index in [1.807, 2.05) is 12.1 Å². The van der Waals surface area contributed by atoms with Crippen molar-refractivity contribution in [2.45, 2.75) is 32.1 Å². The van der Waals surface area contributed by atoms with Crippen LogP contribution in [0.2, 0.25) is 5.02 Å². The lowest BCUT2D eigenvalue weighted by molar-refractivity contribution is -0.117. The molecule has 1 fully saturated rings. The highest BCUT2D eigenvalue weighted by molar-refractivity contribution is 6.31. The van der Waals surface area contributed by atoms with Gasteiger partial charge in [0.15, 0.2) is 0 Å². The number of benzene rings is 2. The number of aromatic nitrogens is 2. The molecule has 1 aliphatic rings. The summed E-state index contributed by atoms with van der Waals surface area (Å²) < 4.78 is 10.9. The third kappa shape index (κ3) is 3.85. The second-order valence-electron chi connectivity index (χ2n) is 7.45. The zero-order valence-corrected chi connectivity index (χ0v) is 17.3. The van der Waals surface area contributed by atoms with Gasteiger partial charge in [0.2, 0.25) is 17.6 Å². The topological polar surface area (TPSA) is 68.5 Å². The summed E-state index contributed by atoms with van der Waals surface area (Å²) in [6.07, 6.45) is 0.295. The summed E-state index contributed by atoms with van der Waals surface area (Å²) in [5.74, 6) is 1.84. The van der Waals surface area contributed by atoms with Crippen molar-refractivity contribution in [2.24, 2.45) is 0 Å². The summed E-state index contributed by atoms with van der Waals surface area (Å²) >= 11 is 6.12. The number of rotatable bonds is 5. The van der Waals surface area contributed by atoms with Crippen LogP contribution in [0.15, 0.2) is 47.0 Å². The normalized spacial score (nSPS) is 16.7. The second kappa shape index (κ2) is 7.87. The summed E-state index contributed by atoms with van der Waals surface area (Å²) in [5.41, 5.74) is 2.79. The lowest BCUT2D eigenvalue weighted by Gasteiger charge is -2.19. The molecule has 0 unspecified atom stereocenters. The highest BCUT2D eigenvalue weighted by atomic mass is 35.5. The van der Waals surface area contributed by atoms with Gasteiger partial charge in [0.05, 0.1) is 18.7 Å². The predicted octanol–water partition coefficient (Wildman–Crippen LogP) is 5.04. The van der Waals surface area contributed by atoms with E-state index in [-0.39, 0.29) is 11.8 Å². The molecule has 1 saturated heterocycles. The van der Waals surface area contributed by atoms with Crippen molar-refractivity contribution in [3.63, 3.8) is 0 Å². The largest absolute Gasteiger partial charge is 0.495 e. The summed E-state index contributed by atoms with van der Waals surface area (Å²) in [7, 11) is 1.57. The van der Waals surface area contributed by atoms with Gasteiger partial charge in [-0.3, -0.25) is 4.79 Å². The van der Waals surface area contributed by atoms with Crippen molar-refractivity contribution in [3.8, 4) is 17.1 Å². The molecule has 4 rings (SSSR count). The molecule has 0 N–H and O–H groups in total. The molecule has 0 aliphatic carbocycles. The van der Waals surface area contributed by atoms with Gasteiger partial charge in [-0.15, -0.1) is 0 Å². The Kier molecular flexibility index (Phi) is 5.28. The molecule has 1 aliphatic heterocycles. The first-order chi connectivity index (χ1) is 14.0. The van der Waals surface area contributed by atoms with Crippen molar-refractivity contribution in [1.29, 1.82) is 0 Å². The first-order valence-corrected chi connectivity index (χ1v) is 9.92. The Hall–Kier alpha value is -2.86. The van der Waals surface area contributed by atoms with Gasteiger partial charge in [0.25, 0.3) is 0 Å². The quantitative estimate of drug-likeness (QED) is 0.588. The molecule has 7 heteroatoms. The standard InChI is InChI=1S/C22H22ClN3O3/c1-13(2)14-4-6-15(7-5-14)21-24-22(29-25-21)16-10-20(27)26(12-16)18-11-17(23)8-9-19(18)28-3/h4-9,11,13,16H,10,12H2,1-3H3/t16-/m0/s1. The average molecular weight is 412 g/mol. The van der Waals surface area contributed by atoms with E-state index < -0.39 is 0 Å². The van der Waals surface area contributed by atoms with Gasteiger partial charge in [-0.25, -0.2) is 0 Å². The van der Waals surface area contributed by atoms with Crippen molar-refractivity contribution in [1.82, 2.24) is 10.1 Å². The third-order valence-electron chi connectivity index (χ3n) is 5.18. The van der Waals surface area contributed by atoms with Gasteiger partial charge in [-0.05, 0) is 29.7 Å². The molecule has 1 amide bonds. The number of amides is 1. The van der Waals surface area contributed by atoms with Crippen LogP contribution in [0.1, 0.15) is 43.6 Å². The van der Waals surface area contributed by atoms with E-state index in [1.165, 1.54) is 5.56 Å². The van der Waals surface area contributed by atoms with Crippen LogP contribution in [-0.2, 0) is 4.79 Å². The van der Waals surface area contributed by atoms with Crippen LogP contribution in [0.25, 0.3) is 11.4 Å². The van der Waals surface area contributed by atoms with E-state index in [0.29, 0.717) is 47.1 Å². The zero-order valence-electron chi connectivity index (χ0n) is 16.6. The van der Waals surface area contributed by atoms with Gasteiger partial charge in [-0.2, -0.15) is 4.98 Å². The molecule has 0 spiro atoms. The maximum atomic E-state index is 12.7. The Morgan fingerprint density at radius 2 is 1.97 bits per heavy atom. The van der Waals surface area contributed by atoms with E-state index in [1.54, 1.807) is 30.2 Å². The fourth-order valence-electron chi connectivity index (χ4n) is 3.52. The molecule has 150 valence electrons. The fraction of sp³-hybridized carbons (Fsp3) is 0.318. The van der Waals surface area contributed by atoms with E-state index in [0.717, 1.165) is 5.56 Å².